The number of carbonyl (C=O) groups is 1. The molecule has 0 fully saturated rings. The van der Waals surface area contributed by atoms with Gasteiger partial charge in [0.15, 0.2) is 11.6 Å². The van der Waals surface area contributed by atoms with Crippen molar-refractivity contribution in [2.75, 3.05) is 5.32 Å². The molecular formula is C13H7F4NO2. The maximum absolute atomic E-state index is 13.4. The molecule has 0 saturated carbocycles. The number of halogens is 4. The number of carbonyl (C=O) groups excluding carboxylic acids is 1. The van der Waals surface area contributed by atoms with Gasteiger partial charge in [-0.3, -0.25) is 4.79 Å². The van der Waals surface area contributed by atoms with Crippen molar-refractivity contribution in [1.29, 1.82) is 0 Å². The minimum absolute atomic E-state index is 0.297. The van der Waals surface area contributed by atoms with Gasteiger partial charge in [-0.15, -0.1) is 0 Å². The van der Waals surface area contributed by atoms with Gasteiger partial charge in [-0.1, -0.05) is 6.07 Å². The predicted octanol–water partition coefficient (Wildman–Crippen LogP) is 3.20. The highest BCUT2D eigenvalue weighted by Crippen LogP contribution is 2.24. The van der Waals surface area contributed by atoms with Crippen LogP contribution < -0.4 is 5.32 Å². The Hall–Kier alpha value is -2.57. The Morgan fingerprint density at radius 2 is 1.75 bits per heavy atom. The standard InChI is InChI=1S/C13H7F4NO2/c14-6-4-8(16)12(17)9(5-6)18-13(20)11-7(15)2-1-3-10(11)19/h1-5,19H,(H,18,20). The number of phenols is 1. The minimum atomic E-state index is -1.50. The van der Waals surface area contributed by atoms with E-state index < -0.39 is 46.2 Å². The van der Waals surface area contributed by atoms with Gasteiger partial charge < -0.3 is 10.4 Å². The average molecular weight is 285 g/mol. The third kappa shape index (κ3) is 2.56. The first kappa shape index (κ1) is 13.9. The molecule has 20 heavy (non-hydrogen) atoms. The van der Waals surface area contributed by atoms with Crippen molar-refractivity contribution in [3.05, 3.63) is 59.2 Å². The predicted molar refractivity (Wildman–Crippen MR) is 62.3 cm³/mol. The lowest BCUT2D eigenvalue weighted by Gasteiger charge is -2.09. The maximum atomic E-state index is 13.4. The van der Waals surface area contributed by atoms with Gasteiger partial charge in [-0.25, -0.2) is 17.6 Å². The molecule has 0 aromatic heterocycles. The van der Waals surface area contributed by atoms with Gasteiger partial charge in [0.05, 0.1) is 5.69 Å². The second kappa shape index (κ2) is 5.20. The fourth-order valence-corrected chi connectivity index (χ4v) is 1.57. The third-order valence-electron chi connectivity index (χ3n) is 2.46. The van der Waals surface area contributed by atoms with Gasteiger partial charge in [-0.05, 0) is 12.1 Å². The number of rotatable bonds is 2. The van der Waals surface area contributed by atoms with Gasteiger partial charge in [-0.2, -0.15) is 0 Å². The van der Waals surface area contributed by atoms with E-state index in [1.807, 2.05) is 0 Å². The smallest absolute Gasteiger partial charge is 0.262 e. The summed E-state index contributed by atoms with van der Waals surface area (Å²) in [7, 11) is 0. The molecule has 0 aliphatic rings. The van der Waals surface area contributed by atoms with Crippen LogP contribution in [0.1, 0.15) is 10.4 Å². The van der Waals surface area contributed by atoms with Gasteiger partial charge in [0.2, 0.25) is 0 Å². The van der Waals surface area contributed by atoms with E-state index in [-0.39, 0.29) is 0 Å². The monoisotopic (exact) mass is 285 g/mol. The lowest BCUT2D eigenvalue weighted by Crippen LogP contribution is -2.15. The number of aromatic hydroxyl groups is 1. The van der Waals surface area contributed by atoms with E-state index in [1.54, 1.807) is 5.32 Å². The van der Waals surface area contributed by atoms with Crippen LogP contribution in [0.15, 0.2) is 30.3 Å². The van der Waals surface area contributed by atoms with Crippen LogP contribution in [0.2, 0.25) is 0 Å². The SMILES string of the molecule is O=C(Nc1cc(F)cc(F)c1F)c1c(O)cccc1F. The van der Waals surface area contributed by atoms with E-state index in [0.29, 0.717) is 12.1 Å². The molecule has 3 nitrogen and oxygen atoms in total. The zero-order valence-electron chi connectivity index (χ0n) is 9.75. The molecule has 2 aromatic rings. The lowest BCUT2D eigenvalue weighted by molar-refractivity contribution is 0.102. The Balaban J connectivity index is 2.38. The highest BCUT2D eigenvalue weighted by Gasteiger charge is 2.19. The van der Waals surface area contributed by atoms with E-state index >= 15 is 0 Å². The van der Waals surface area contributed by atoms with Crippen molar-refractivity contribution in [3.63, 3.8) is 0 Å². The molecule has 104 valence electrons. The largest absolute Gasteiger partial charge is 0.507 e. The molecular weight excluding hydrogens is 278 g/mol. The van der Waals surface area contributed by atoms with E-state index in [2.05, 4.69) is 0 Å². The molecule has 2 aromatic carbocycles. The van der Waals surface area contributed by atoms with Crippen LogP contribution in [-0.2, 0) is 0 Å². The van der Waals surface area contributed by atoms with Gasteiger partial charge in [0.25, 0.3) is 5.91 Å². The number of anilines is 1. The van der Waals surface area contributed by atoms with Crippen molar-refractivity contribution < 1.29 is 27.5 Å². The van der Waals surface area contributed by atoms with E-state index in [4.69, 9.17) is 0 Å². The Morgan fingerprint density at radius 3 is 2.40 bits per heavy atom. The quantitative estimate of drug-likeness (QED) is 0.657. The zero-order valence-corrected chi connectivity index (χ0v) is 9.75. The summed E-state index contributed by atoms with van der Waals surface area (Å²) in [5.41, 5.74) is -1.55. The molecule has 0 atom stereocenters. The van der Waals surface area contributed by atoms with Crippen LogP contribution in [0.5, 0.6) is 5.75 Å². The summed E-state index contributed by atoms with van der Waals surface area (Å²) in [4.78, 5) is 11.7. The molecule has 0 aliphatic heterocycles. The zero-order chi connectivity index (χ0) is 14.9. The molecule has 7 heteroatoms. The van der Waals surface area contributed by atoms with Crippen molar-refractivity contribution in [1.82, 2.24) is 0 Å². The molecule has 0 spiro atoms. The van der Waals surface area contributed by atoms with Gasteiger partial charge >= 0.3 is 0 Å². The van der Waals surface area contributed by atoms with Crippen molar-refractivity contribution in [2.24, 2.45) is 0 Å². The summed E-state index contributed by atoms with van der Waals surface area (Å²) < 4.78 is 52.6. The van der Waals surface area contributed by atoms with Crippen molar-refractivity contribution >= 4 is 11.6 Å². The number of benzene rings is 2. The first-order valence-corrected chi connectivity index (χ1v) is 5.33. The number of hydrogen-bond donors (Lipinski definition) is 2. The molecule has 2 rings (SSSR count). The number of phenolic OH excluding ortho intramolecular Hbond substituents is 1. The number of nitrogens with one attached hydrogen (secondary N) is 1. The normalized spacial score (nSPS) is 10.4. The van der Waals surface area contributed by atoms with Gasteiger partial charge in [0, 0.05) is 12.1 Å². The highest BCUT2D eigenvalue weighted by atomic mass is 19.2. The van der Waals surface area contributed by atoms with Crippen molar-refractivity contribution in [2.45, 2.75) is 0 Å². The molecule has 0 radical (unpaired) electrons. The van der Waals surface area contributed by atoms with Crippen LogP contribution >= 0.6 is 0 Å². The molecule has 0 aliphatic carbocycles. The maximum Gasteiger partial charge on any atom is 0.262 e. The number of amides is 1. The first-order chi connectivity index (χ1) is 9.40. The van der Waals surface area contributed by atoms with Gasteiger partial charge in [0.1, 0.15) is 22.9 Å². The fraction of sp³-hybridized carbons (Fsp3) is 0. The second-order valence-corrected chi connectivity index (χ2v) is 3.84. The lowest BCUT2D eigenvalue weighted by atomic mass is 10.1. The van der Waals surface area contributed by atoms with E-state index in [1.165, 1.54) is 0 Å². The molecule has 1 amide bonds. The van der Waals surface area contributed by atoms with Crippen molar-refractivity contribution in [3.8, 4) is 5.75 Å². The first-order valence-electron chi connectivity index (χ1n) is 5.33. The van der Waals surface area contributed by atoms with Crippen LogP contribution in [-0.4, -0.2) is 11.0 Å². The Bertz CT molecular complexity index is 668. The summed E-state index contributed by atoms with van der Waals surface area (Å²) in [5, 5.41) is 11.2. The summed E-state index contributed by atoms with van der Waals surface area (Å²) in [6.45, 7) is 0. The average Bonchev–Trinajstić information content (AvgIpc) is 2.35. The Morgan fingerprint density at radius 1 is 1.05 bits per heavy atom. The summed E-state index contributed by atoms with van der Waals surface area (Å²) in [6.07, 6.45) is 0. The van der Waals surface area contributed by atoms with Crippen LogP contribution in [0.25, 0.3) is 0 Å². The van der Waals surface area contributed by atoms with E-state index in [0.717, 1.165) is 18.2 Å². The second-order valence-electron chi connectivity index (χ2n) is 3.84. The number of hydrogen-bond acceptors (Lipinski definition) is 2. The molecule has 0 heterocycles. The molecule has 0 bridgehead atoms. The minimum Gasteiger partial charge on any atom is -0.507 e. The molecule has 2 N–H and O–H groups in total. The fourth-order valence-electron chi connectivity index (χ4n) is 1.57. The highest BCUT2D eigenvalue weighted by molar-refractivity contribution is 6.06. The summed E-state index contributed by atoms with van der Waals surface area (Å²) in [5.74, 6) is -7.07. The summed E-state index contributed by atoms with van der Waals surface area (Å²) in [6, 6.07) is 3.93. The van der Waals surface area contributed by atoms with Crippen LogP contribution in [0.3, 0.4) is 0 Å². The third-order valence-corrected chi connectivity index (χ3v) is 2.46. The summed E-state index contributed by atoms with van der Waals surface area (Å²) >= 11 is 0. The molecule has 0 unspecified atom stereocenters. The Labute approximate surface area is 110 Å². The topological polar surface area (TPSA) is 49.3 Å². The Kier molecular flexibility index (Phi) is 3.60. The van der Waals surface area contributed by atoms with E-state index in [9.17, 15) is 27.5 Å². The molecule has 0 saturated heterocycles. The van der Waals surface area contributed by atoms with Crippen LogP contribution in [0, 0.1) is 23.3 Å². The van der Waals surface area contributed by atoms with Crippen LogP contribution in [0.4, 0.5) is 23.2 Å².